The number of rotatable bonds is 7. The molecule has 118 valence electrons. The minimum Gasteiger partial charge on any atom is -0.486 e. The van der Waals surface area contributed by atoms with Gasteiger partial charge in [-0.3, -0.25) is 4.90 Å². The lowest BCUT2D eigenvalue weighted by Crippen LogP contribution is -2.39. The van der Waals surface area contributed by atoms with Crippen molar-refractivity contribution in [2.75, 3.05) is 13.2 Å². The van der Waals surface area contributed by atoms with E-state index in [1.165, 1.54) is 0 Å². The first-order chi connectivity index (χ1) is 9.73. The highest BCUT2D eigenvalue weighted by Gasteiger charge is 2.16. The number of hydrogen-bond donors (Lipinski definition) is 1. The second-order valence-corrected chi connectivity index (χ2v) is 5.85. The molecule has 1 aromatic carbocycles. The van der Waals surface area contributed by atoms with Crippen LogP contribution in [0.15, 0.2) is 12.1 Å². The Morgan fingerprint density at radius 2 is 1.67 bits per heavy atom. The number of nitrogens with two attached hydrogens (primary N) is 1. The summed E-state index contributed by atoms with van der Waals surface area (Å²) < 4.78 is 32.9. The zero-order chi connectivity index (χ0) is 16.2. The van der Waals surface area contributed by atoms with Crippen LogP contribution in [0.1, 0.15) is 33.3 Å². The molecule has 1 rings (SSSR count). The van der Waals surface area contributed by atoms with Gasteiger partial charge >= 0.3 is 0 Å². The molecule has 21 heavy (non-hydrogen) atoms. The van der Waals surface area contributed by atoms with Gasteiger partial charge in [0.05, 0.1) is 0 Å². The molecule has 0 radical (unpaired) electrons. The molecule has 0 amide bonds. The predicted molar refractivity (Wildman–Crippen MR) is 84.7 cm³/mol. The van der Waals surface area contributed by atoms with E-state index in [0.717, 1.165) is 12.1 Å². The van der Waals surface area contributed by atoms with Gasteiger partial charge in [-0.15, -0.1) is 0 Å². The van der Waals surface area contributed by atoms with Crippen LogP contribution in [0.3, 0.4) is 0 Å². The van der Waals surface area contributed by atoms with Gasteiger partial charge in [-0.25, -0.2) is 8.78 Å². The molecule has 1 aromatic rings. The third-order valence-corrected chi connectivity index (χ3v) is 3.44. The zero-order valence-corrected chi connectivity index (χ0v) is 13.6. The van der Waals surface area contributed by atoms with Crippen molar-refractivity contribution in [1.82, 2.24) is 4.90 Å². The van der Waals surface area contributed by atoms with E-state index in [4.69, 9.17) is 22.7 Å². The van der Waals surface area contributed by atoms with E-state index < -0.39 is 11.6 Å². The summed E-state index contributed by atoms with van der Waals surface area (Å²) in [5, 5.41) is 0. The van der Waals surface area contributed by atoms with Crippen LogP contribution in [0.2, 0.25) is 0 Å². The van der Waals surface area contributed by atoms with Gasteiger partial charge in [0.1, 0.15) is 11.6 Å². The highest BCUT2D eigenvalue weighted by molar-refractivity contribution is 7.80. The summed E-state index contributed by atoms with van der Waals surface area (Å²) in [4.78, 5) is 2.13. The Labute approximate surface area is 130 Å². The molecule has 6 heteroatoms. The molecular formula is C15H22F2N2OS. The second kappa shape index (κ2) is 7.66. The molecule has 0 spiro atoms. The Morgan fingerprint density at radius 1 is 1.19 bits per heavy atom. The number of nitrogens with zero attached hydrogens (tertiary/aromatic N) is 1. The summed E-state index contributed by atoms with van der Waals surface area (Å²) in [6.07, 6.45) is 0. The third kappa shape index (κ3) is 4.89. The fourth-order valence-corrected chi connectivity index (χ4v) is 2.32. The summed E-state index contributed by atoms with van der Waals surface area (Å²) in [7, 11) is 0. The Morgan fingerprint density at radius 3 is 2.05 bits per heavy atom. The standard InChI is InChI=1S/C15H22F2N2OS/c1-9(2)19(10(3)4)5-6-20-14-12(16)7-11(15(18)21)8-13(14)17/h7-10H,5-6H2,1-4H3,(H2,18,21). The van der Waals surface area contributed by atoms with Crippen molar-refractivity contribution in [3.8, 4) is 5.75 Å². The van der Waals surface area contributed by atoms with E-state index in [-0.39, 0.29) is 22.9 Å². The molecule has 3 nitrogen and oxygen atoms in total. The van der Waals surface area contributed by atoms with E-state index >= 15 is 0 Å². The molecule has 0 aliphatic heterocycles. The maximum atomic E-state index is 13.8. The molecule has 0 unspecified atom stereocenters. The van der Waals surface area contributed by atoms with E-state index in [0.29, 0.717) is 18.6 Å². The fourth-order valence-electron chi connectivity index (χ4n) is 2.21. The summed E-state index contributed by atoms with van der Waals surface area (Å²) >= 11 is 4.70. The van der Waals surface area contributed by atoms with E-state index in [1.54, 1.807) is 0 Å². The van der Waals surface area contributed by atoms with Crippen LogP contribution in [-0.2, 0) is 0 Å². The largest absolute Gasteiger partial charge is 0.486 e. The molecule has 0 bridgehead atoms. The van der Waals surface area contributed by atoms with Crippen LogP contribution in [0.25, 0.3) is 0 Å². The molecule has 0 atom stereocenters. The van der Waals surface area contributed by atoms with Gasteiger partial charge in [0.25, 0.3) is 0 Å². The summed E-state index contributed by atoms with van der Waals surface area (Å²) in [5.74, 6) is -1.97. The van der Waals surface area contributed by atoms with Gasteiger partial charge in [0.15, 0.2) is 17.4 Å². The van der Waals surface area contributed by atoms with Crippen molar-refractivity contribution in [3.05, 3.63) is 29.3 Å². The van der Waals surface area contributed by atoms with Gasteiger partial charge in [0, 0.05) is 24.2 Å². The molecular weight excluding hydrogens is 294 g/mol. The van der Waals surface area contributed by atoms with Gasteiger partial charge in [-0.2, -0.15) is 0 Å². The van der Waals surface area contributed by atoms with Crippen molar-refractivity contribution < 1.29 is 13.5 Å². The van der Waals surface area contributed by atoms with Crippen LogP contribution < -0.4 is 10.5 Å². The summed E-state index contributed by atoms with van der Waals surface area (Å²) in [6, 6.07) is 2.84. The average Bonchev–Trinajstić information content (AvgIpc) is 2.35. The zero-order valence-electron chi connectivity index (χ0n) is 12.8. The maximum Gasteiger partial charge on any atom is 0.190 e. The first-order valence-corrected chi connectivity index (χ1v) is 7.32. The SMILES string of the molecule is CC(C)N(CCOc1c(F)cc(C(N)=S)cc1F)C(C)C. The lowest BCUT2D eigenvalue weighted by Gasteiger charge is -2.30. The third-order valence-electron chi connectivity index (χ3n) is 3.21. The van der Waals surface area contributed by atoms with Crippen LogP contribution in [-0.4, -0.2) is 35.1 Å². The molecule has 0 saturated carbocycles. The van der Waals surface area contributed by atoms with E-state index in [2.05, 4.69) is 32.6 Å². The van der Waals surface area contributed by atoms with Crippen LogP contribution in [0.4, 0.5) is 8.78 Å². The van der Waals surface area contributed by atoms with Crippen LogP contribution in [0, 0.1) is 11.6 Å². The lowest BCUT2D eigenvalue weighted by molar-refractivity contribution is 0.138. The minimum absolute atomic E-state index is 0.0508. The molecule has 2 N–H and O–H groups in total. The number of thiocarbonyl (C=S) groups is 1. The van der Waals surface area contributed by atoms with E-state index in [9.17, 15) is 8.78 Å². The Bertz CT molecular complexity index is 475. The maximum absolute atomic E-state index is 13.8. The van der Waals surface area contributed by atoms with Crippen molar-refractivity contribution in [1.29, 1.82) is 0 Å². The van der Waals surface area contributed by atoms with E-state index in [1.807, 2.05) is 0 Å². The van der Waals surface area contributed by atoms with Gasteiger partial charge in [-0.05, 0) is 39.8 Å². The first kappa shape index (κ1) is 17.8. The number of hydrogen-bond acceptors (Lipinski definition) is 3. The van der Waals surface area contributed by atoms with Crippen molar-refractivity contribution >= 4 is 17.2 Å². The summed E-state index contributed by atoms with van der Waals surface area (Å²) in [6.45, 7) is 9.06. The number of halogens is 2. The van der Waals surface area contributed by atoms with Crippen LogP contribution >= 0.6 is 12.2 Å². The number of ether oxygens (including phenoxy) is 1. The van der Waals surface area contributed by atoms with Gasteiger partial charge in [-0.1, -0.05) is 12.2 Å². The Kier molecular flexibility index (Phi) is 6.48. The quantitative estimate of drug-likeness (QED) is 0.785. The molecule has 0 saturated heterocycles. The van der Waals surface area contributed by atoms with Crippen molar-refractivity contribution in [3.63, 3.8) is 0 Å². The minimum atomic E-state index is -0.793. The Balaban J connectivity index is 2.74. The molecule has 0 fully saturated rings. The molecule has 0 aliphatic carbocycles. The number of benzene rings is 1. The van der Waals surface area contributed by atoms with Crippen molar-refractivity contribution in [2.24, 2.45) is 5.73 Å². The molecule has 0 heterocycles. The molecule has 0 aliphatic rings. The molecule has 0 aromatic heterocycles. The highest BCUT2D eigenvalue weighted by atomic mass is 32.1. The Hall–Kier alpha value is -1.27. The second-order valence-electron chi connectivity index (χ2n) is 5.41. The monoisotopic (exact) mass is 316 g/mol. The van der Waals surface area contributed by atoms with Gasteiger partial charge in [0.2, 0.25) is 0 Å². The first-order valence-electron chi connectivity index (χ1n) is 6.91. The van der Waals surface area contributed by atoms with Gasteiger partial charge < -0.3 is 10.5 Å². The highest BCUT2D eigenvalue weighted by Crippen LogP contribution is 2.23. The smallest absolute Gasteiger partial charge is 0.190 e. The predicted octanol–water partition coefficient (Wildman–Crippen LogP) is 3.10. The normalized spacial score (nSPS) is 11.5. The summed E-state index contributed by atoms with van der Waals surface area (Å²) in [5.41, 5.74) is 5.51. The fraction of sp³-hybridized carbons (Fsp3) is 0.533. The topological polar surface area (TPSA) is 38.5 Å². The van der Waals surface area contributed by atoms with Crippen LogP contribution in [0.5, 0.6) is 5.75 Å². The average molecular weight is 316 g/mol. The van der Waals surface area contributed by atoms with Crippen molar-refractivity contribution in [2.45, 2.75) is 39.8 Å². The lowest BCUT2D eigenvalue weighted by atomic mass is 10.2.